The highest BCUT2D eigenvalue weighted by Crippen LogP contribution is 2.28. The number of aromatic nitrogens is 2. The second-order valence-electron chi connectivity index (χ2n) is 4.76. The fourth-order valence-corrected chi connectivity index (χ4v) is 2.30. The molecular weight excluding hydrogens is 257 g/mol. The summed E-state index contributed by atoms with van der Waals surface area (Å²) in [6.07, 6.45) is -2.39. The molecule has 4 nitrogen and oxygen atoms in total. The monoisotopic (exact) mass is 274 g/mol. The average Bonchev–Trinajstić information content (AvgIpc) is 2.39. The third kappa shape index (κ3) is 3.56. The molecule has 0 bridgehead atoms. The van der Waals surface area contributed by atoms with Gasteiger partial charge >= 0.3 is 6.18 Å². The molecule has 7 heteroatoms. The minimum atomic E-state index is -4.43. The van der Waals surface area contributed by atoms with Gasteiger partial charge in [0, 0.05) is 13.1 Å². The maximum atomic E-state index is 12.4. The fourth-order valence-electron chi connectivity index (χ4n) is 2.30. The van der Waals surface area contributed by atoms with Crippen LogP contribution < -0.4 is 10.2 Å². The Morgan fingerprint density at radius 1 is 1.26 bits per heavy atom. The molecule has 0 unspecified atom stereocenters. The number of hydrogen-bond donors (Lipinski definition) is 1. The summed E-state index contributed by atoms with van der Waals surface area (Å²) in [6, 6.07) is 2.39. The van der Waals surface area contributed by atoms with Crippen molar-refractivity contribution >= 4 is 5.82 Å². The van der Waals surface area contributed by atoms with E-state index in [1.165, 1.54) is 6.07 Å². The Bertz CT molecular complexity index is 396. The van der Waals surface area contributed by atoms with Gasteiger partial charge in [-0.1, -0.05) is 0 Å². The third-order valence-corrected chi connectivity index (χ3v) is 3.37. The van der Waals surface area contributed by atoms with Crippen molar-refractivity contribution in [2.24, 2.45) is 5.92 Å². The van der Waals surface area contributed by atoms with Crippen LogP contribution in [0, 0.1) is 5.92 Å². The highest BCUT2D eigenvalue weighted by atomic mass is 19.4. The summed E-state index contributed by atoms with van der Waals surface area (Å²) in [5.41, 5.74) is -0.943. The number of halogens is 3. The first kappa shape index (κ1) is 14.0. The van der Waals surface area contributed by atoms with E-state index in [0.29, 0.717) is 11.7 Å². The minimum Gasteiger partial charge on any atom is -0.355 e. The second kappa shape index (κ2) is 5.73. The molecule has 2 rings (SSSR count). The van der Waals surface area contributed by atoms with E-state index in [2.05, 4.69) is 15.5 Å². The van der Waals surface area contributed by atoms with E-state index in [9.17, 15) is 13.2 Å². The van der Waals surface area contributed by atoms with Crippen molar-refractivity contribution < 1.29 is 13.2 Å². The smallest absolute Gasteiger partial charge is 0.355 e. The molecule has 0 aromatic carbocycles. The first-order valence-electron chi connectivity index (χ1n) is 6.31. The van der Waals surface area contributed by atoms with E-state index < -0.39 is 11.9 Å². The van der Waals surface area contributed by atoms with Gasteiger partial charge in [-0.15, -0.1) is 10.2 Å². The average molecular weight is 274 g/mol. The molecule has 0 spiro atoms. The fraction of sp³-hybridized carbons (Fsp3) is 0.667. The van der Waals surface area contributed by atoms with Crippen molar-refractivity contribution in [1.29, 1.82) is 0 Å². The molecule has 1 aliphatic heterocycles. The van der Waals surface area contributed by atoms with Crippen molar-refractivity contribution in [3.8, 4) is 0 Å². The summed E-state index contributed by atoms with van der Waals surface area (Å²) < 4.78 is 37.1. The van der Waals surface area contributed by atoms with Crippen LogP contribution in [0.3, 0.4) is 0 Å². The second-order valence-corrected chi connectivity index (χ2v) is 4.76. The van der Waals surface area contributed by atoms with E-state index in [4.69, 9.17) is 0 Å². The molecule has 1 aromatic rings. The topological polar surface area (TPSA) is 41.0 Å². The van der Waals surface area contributed by atoms with Crippen LogP contribution in [0.5, 0.6) is 0 Å². The Morgan fingerprint density at radius 2 is 1.95 bits per heavy atom. The summed E-state index contributed by atoms with van der Waals surface area (Å²) >= 11 is 0. The van der Waals surface area contributed by atoms with Gasteiger partial charge in [0.25, 0.3) is 0 Å². The van der Waals surface area contributed by atoms with E-state index in [1.54, 1.807) is 0 Å². The van der Waals surface area contributed by atoms with Crippen LogP contribution in [0.15, 0.2) is 12.1 Å². The van der Waals surface area contributed by atoms with Gasteiger partial charge in [-0.2, -0.15) is 13.2 Å². The lowest BCUT2D eigenvalue weighted by atomic mass is 9.97. The van der Waals surface area contributed by atoms with Crippen molar-refractivity contribution in [2.75, 3.05) is 31.6 Å². The molecule has 2 heterocycles. The largest absolute Gasteiger partial charge is 0.435 e. The number of rotatable bonds is 3. The van der Waals surface area contributed by atoms with Crippen molar-refractivity contribution in [2.45, 2.75) is 19.0 Å². The highest BCUT2D eigenvalue weighted by Gasteiger charge is 2.33. The summed E-state index contributed by atoms with van der Waals surface area (Å²) in [5, 5.41) is 10.1. The van der Waals surface area contributed by atoms with Crippen LogP contribution in [0.25, 0.3) is 0 Å². The molecule has 106 valence electrons. The minimum absolute atomic E-state index is 0.524. The molecule has 1 N–H and O–H groups in total. The standard InChI is InChI=1S/C12H17F3N4/c1-16-8-9-4-6-19(7-5-9)11-3-2-10(17-18-11)12(13,14)15/h2-3,9,16H,4-8H2,1H3. The number of piperidine rings is 1. The van der Waals surface area contributed by atoms with Gasteiger partial charge in [0.1, 0.15) is 0 Å². The molecule has 1 saturated heterocycles. The molecule has 0 amide bonds. The Balaban J connectivity index is 1.97. The Kier molecular flexibility index (Phi) is 4.24. The van der Waals surface area contributed by atoms with Crippen LogP contribution >= 0.6 is 0 Å². The zero-order valence-corrected chi connectivity index (χ0v) is 10.7. The lowest BCUT2D eigenvalue weighted by molar-refractivity contribution is -0.141. The summed E-state index contributed by atoms with van der Waals surface area (Å²) in [5.74, 6) is 1.15. The maximum absolute atomic E-state index is 12.4. The number of anilines is 1. The lowest BCUT2D eigenvalue weighted by Crippen LogP contribution is -2.37. The molecule has 0 aliphatic carbocycles. The van der Waals surface area contributed by atoms with Crippen LogP contribution in [-0.4, -0.2) is 36.9 Å². The van der Waals surface area contributed by atoms with Crippen LogP contribution in [0.4, 0.5) is 19.0 Å². The van der Waals surface area contributed by atoms with Gasteiger partial charge < -0.3 is 10.2 Å². The summed E-state index contributed by atoms with van der Waals surface area (Å²) in [4.78, 5) is 1.99. The first-order chi connectivity index (χ1) is 9.00. The van der Waals surface area contributed by atoms with E-state index in [-0.39, 0.29) is 0 Å². The van der Waals surface area contributed by atoms with Crippen LogP contribution in [0.2, 0.25) is 0 Å². The van der Waals surface area contributed by atoms with Gasteiger partial charge in [0.2, 0.25) is 0 Å². The molecule has 1 aliphatic rings. The van der Waals surface area contributed by atoms with E-state index in [1.807, 2.05) is 11.9 Å². The van der Waals surface area contributed by atoms with Crippen LogP contribution in [0.1, 0.15) is 18.5 Å². The van der Waals surface area contributed by atoms with Gasteiger partial charge in [-0.25, -0.2) is 0 Å². The summed E-state index contributed by atoms with van der Waals surface area (Å²) in [7, 11) is 1.92. The van der Waals surface area contributed by atoms with Crippen molar-refractivity contribution in [1.82, 2.24) is 15.5 Å². The Labute approximate surface area is 110 Å². The molecule has 0 radical (unpaired) electrons. The van der Waals surface area contributed by atoms with Gasteiger partial charge in [0.05, 0.1) is 0 Å². The number of nitrogens with zero attached hydrogens (tertiary/aromatic N) is 3. The Morgan fingerprint density at radius 3 is 2.42 bits per heavy atom. The SMILES string of the molecule is CNCC1CCN(c2ccc(C(F)(F)F)nn2)CC1. The molecule has 1 aromatic heterocycles. The maximum Gasteiger partial charge on any atom is 0.435 e. The summed E-state index contributed by atoms with van der Waals surface area (Å²) in [6.45, 7) is 2.60. The lowest BCUT2D eigenvalue weighted by Gasteiger charge is -2.32. The van der Waals surface area contributed by atoms with Gasteiger partial charge in [-0.3, -0.25) is 0 Å². The number of nitrogens with one attached hydrogen (secondary N) is 1. The molecule has 0 atom stereocenters. The van der Waals surface area contributed by atoms with Crippen LogP contribution in [-0.2, 0) is 6.18 Å². The highest BCUT2D eigenvalue weighted by molar-refractivity contribution is 5.38. The van der Waals surface area contributed by atoms with Crippen molar-refractivity contribution in [3.63, 3.8) is 0 Å². The van der Waals surface area contributed by atoms with Gasteiger partial charge in [0.15, 0.2) is 11.5 Å². The Hall–Kier alpha value is -1.37. The predicted molar refractivity (Wildman–Crippen MR) is 65.9 cm³/mol. The molecular formula is C12H17F3N4. The number of hydrogen-bond acceptors (Lipinski definition) is 4. The number of alkyl halides is 3. The molecule has 19 heavy (non-hydrogen) atoms. The first-order valence-corrected chi connectivity index (χ1v) is 6.31. The quantitative estimate of drug-likeness (QED) is 0.914. The zero-order valence-electron chi connectivity index (χ0n) is 10.7. The predicted octanol–water partition coefficient (Wildman–Crippen LogP) is 1.93. The molecule has 1 fully saturated rings. The molecule has 0 saturated carbocycles. The normalized spacial score (nSPS) is 17.8. The van der Waals surface area contributed by atoms with Gasteiger partial charge in [-0.05, 0) is 44.5 Å². The van der Waals surface area contributed by atoms with E-state index in [0.717, 1.165) is 38.5 Å². The third-order valence-electron chi connectivity index (χ3n) is 3.37. The van der Waals surface area contributed by atoms with E-state index >= 15 is 0 Å². The van der Waals surface area contributed by atoms with Crippen molar-refractivity contribution in [3.05, 3.63) is 17.8 Å². The zero-order chi connectivity index (χ0) is 13.9.